The molecule has 2 nitrogen and oxygen atoms in total. The first kappa shape index (κ1) is 12.4. The molecule has 2 N–H and O–H groups in total. The molecule has 1 aromatic heterocycles. The van der Waals surface area contributed by atoms with E-state index in [1.165, 1.54) is 17.3 Å². The predicted molar refractivity (Wildman–Crippen MR) is 75.1 cm³/mol. The molecule has 100 valence electrons. The van der Waals surface area contributed by atoms with Crippen molar-refractivity contribution in [2.24, 2.45) is 5.73 Å². The fourth-order valence-electron chi connectivity index (χ4n) is 3.11. The molecule has 1 atom stereocenters. The van der Waals surface area contributed by atoms with Gasteiger partial charge in [-0.05, 0) is 56.9 Å². The highest BCUT2D eigenvalue weighted by Crippen LogP contribution is 2.33. The smallest absolute Gasteiger partial charge is 0.128 e. The van der Waals surface area contributed by atoms with E-state index in [9.17, 15) is 4.39 Å². The molecule has 1 heterocycles. The Morgan fingerprint density at radius 2 is 2.11 bits per heavy atom. The Balaban J connectivity index is 2.23. The highest BCUT2D eigenvalue weighted by Gasteiger charge is 2.23. The van der Waals surface area contributed by atoms with Gasteiger partial charge in [-0.15, -0.1) is 0 Å². The molecule has 3 rings (SSSR count). The van der Waals surface area contributed by atoms with Crippen LogP contribution in [0.1, 0.15) is 41.4 Å². The van der Waals surface area contributed by atoms with Gasteiger partial charge in [-0.25, -0.2) is 4.39 Å². The van der Waals surface area contributed by atoms with Gasteiger partial charge in [-0.2, -0.15) is 0 Å². The maximum absolute atomic E-state index is 13.8. The van der Waals surface area contributed by atoms with Crippen LogP contribution in [-0.2, 0) is 6.42 Å². The highest BCUT2D eigenvalue weighted by molar-refractivity contribution is 5.48. The van der Waals surface area contributed by atoms with Gasteiger partial charge in [0.05, 0.1) is 5.69 Å². The van der Waals surface area contributed by atoms with Crippen LogP contribution < -0.4 is 5.73 Å². The summed E-state index contributed by atoms with van der Waals surface area (Å²) in [4.78, 5) is 0. The second-order valence-electron chi connectivity index (χ2n) is 5.41. The Labute approximate surface area is 113 Å². The molecule has 1 aliphatic carbocycles. The number of aryl methyl sites for hydroxylation is 1. The Kier molecular flexibility index (Phi) is 2.94. The van der Waals surface area contributed by atoms with Crippen LogP contribution in [0.4, 0.5) is 4.39 Å². The third kappa shape index (κ3) is 1.89. The van der Waals surface area contributed by atoms with Crippen LogP contribution in [0.15, 0.2) is 24.3 Å². The van der Waals surface area contributed by atoms with Crippen LogP contribution in [0.3, 0.4) is 0 Å². The van der Waals surface area contributed by atoms with E-state index in [2.05, 4.69) is 17.6 Å². The average Bonchev–Trinajstić information content (AvgIpc) is 2.71. The van der Waals surface area contributed by atoms with Gasteiger partial charge in [-0.1, -0.05) is 6.07 Å². The molecular weight excluding hydrogens is 239 g/mol. The largest absolute Gasteiger partial charge is 0.324 e. The van der Waals surface area contributed by atoms with Crippen molar-refractivity contribution < 1.29 is 4.39 Å². The molecular formula is C16H19FN2. The van der Waals surface area contributed by atoms with Gasteiger partial charge >= 0.3 is 0 Å². The quantitative estimate of drug-likeness (QED) is 0.833. The number of fused-ring (bicyclic) bond motifs is 1. The van der Waals surface area contributed by atoms with Crippen LogP contribution in [0, 0.1) is 19.7 Å². The minimum Gasteiger partial charge on any atom is -0.324 e. The second-order valence-corrected chi connectivity index (χ2v) is 5.41. The number of halogens is 1. The van der Waals surface area contributed by atoms with E-state index >= 15 is 0 Å². The second kappa shape index (κ2) is 4.49. The van der Waals surface area contributed by atoms with Crippen LogP contribution >= 0.6 is 0 Å². The molecule has 1 aromatic carbocycles. The van der Waals surface area contributed by atoms with Gasteiger partial charge in [0.2, 0.25) is 0 Å². The van der Waals surface area contributed by atoms with Crippen molar-refractivity contribution in [3.05, 3.63) is 52.6 Å². The Bertz CT molecular complexity index is 628. The number of hydrogen-bond donors (Lipinski definition) is 1. The number of aromatic nitrogens is 1. The average molecular weight is 258 g/mol. The van der Waals surface area contributed by atoms with E-state index in [-0.39, 0.29) is 11.9 Å². The van der Waals surface area contributed by atoms with Gasteiger partial charge < -0.3 is 10.3 Å². The van der Waals surface area contributed by atoms with Crippen molar-refractivity contribution >= 4 is 0 Å². The lowest BCUT2D eigenvalue weighted by Crippen LogP contribution is -2.18. The molecule has 19 heavy (non-hydrogen) atoms. The lowest BCUT2D eigenvalue weighted by molar-refractivity contribution is 0.559. The molecule has 0 saturated heterocycles. The maximum Gasteiger partial charge on any atom is 0.128 e. The third-order valence-electron chi connectivity index (χ3n) is 4.13. The van der Waals surface area contributed by atoms with Crippen molar-refractivity contribution in [1.82, 2.24) is 4.57 Å². The molecule has 1 unspecified atom stereocenters. The molecule has 3 heteroatoms. The lowest BCUT2D eigenvalue weighted by Gasteiger charge is -2.22. The van der Waals surface area contributed by atoms with Crippen LogP contribution in [0.25, 0.3) is 5.69 Å². The van der Waals surface area contributed by atoms with E-state index in [4.69, 9.17) is 5.73 Å². The normalized spacial score (nSPS) is 18.4. The Hall–Kier alpha value is -1.61. The zero-order chi connectivity index (χ0) is 13.6. The molecule has 0 radical (unpaired) electrons. The molecule has 0 saturated carbocycles. The zero-order valence-corrected chi connectivity index (χ0v) is 11.4. The summed E-state index contributed by atoms with van der Waals surface area (Å²) in [5, 5.41) is 0. The fourth-order valence-corrected chi connectivity index (χ4v) is 3.11. The van der Waals surface area contributed by atoms with E-state index in [0.717, 1.165) is 30.6 Å². The summed E-state index contributed by atoms with van der Waals surface area (Å²) in [6.45, 7) is 3.90. The SMILES string of the molecule is Cc1c(F)cccc1-n1c(C)cc2c1CCCC2N. The van der Waals surface area contributed by atoms with E-state index in [1.807, 2.05) is 13.0 Å². The topological polar surface area (TPSA) is 30.9 Å². The summed E-state index contributed by atoms with van der Waals surface area (Å²) < 4.78 is 15.9. The molecule has 0 bridgehead atoms. The van der Waals surface area contributed by atoms with Gasteiger partial charge in [0.25, 0.3) is 0 Å². The number of hydrogen-bond acceptors (Lipinski definition) is 1. The van der Waals surface area contributed by atoms with Crippen molar-refractivity contribution in [3.8, 4) is 5.69 Å². The van der Waals surface area contributed by atoms with Crippen molar-refractivity contribution in [1.29, 1.82) is 0 Å². The number of rotatable bonds is 1. The van der Waals surface area contributed by atoms with E-state index < -0.39 is 0 Å². The highest BCUT2D eigenvalue weighted by atomic mass is 19.1. The van der Waals surface area contributed by atoms with Crippen LogP contribution in [-0.4, -0.2) is 4.57 Å². The van der Waals surface area contributed by atoms with Gasteiger partial charge in [0.1, 0.15) is 5.82 Å². The third-order valence-corrected chi connectivity index (χ3v) is 4.13. The van der Waals surface area contributed by atoms with Crippen molar-refractivity contribution in [2.45, 2.75) is 39.2 Å². The molecule has 0 amide bonds. The molecule has 2 aromatic rings. The zero-order valence-electron chi connectivity index (χ0n) is 11.4. The summed E-state index contributed by atoms with van der Waals surface area (Å²) in [7, 11) is 0. The standard InChI is InChI=1S/C16H19FN2/c1-10-9-12-14(18)6-4-8-16(12)19(10)15-7-3-5-13(17)11(15)2/h3,5,7,9,14H,4,6,8,18H2,1-2H3. The molecule has 1 aliphatic rings. The Morgan fingerprint density at radius 1 is 1.32 bits per heavy atom. The Morgan fingerprint density at radius 3 is 2.89 bits per heavy atom. The maximum atomic E-state index is 13.8. The number of nitrogens with zero attached hydrogens (tertiary/aromatic N) is 1. The van der Waals surface area contributed by atoms with Crippen molar-refractivity contribution in [3.63, 3.8) is 0 Å². The first-order chi connectivity index (χ1) is 9.09. The summed E-state index contributed by atoms with van der Waals surface area (Å²) in [5.41, 5.74) is 11.4. The first-order valence-corrected chi connectivity index (χ1v) is 6.81. The minimum absolute atomic E-state index is 0.123. The molecule has 0 aliphatic heterocycles. The summed E-state index contributed by atoms with van der Waals surface area (Å²) in [6, 6.07) is 7.54. The van der Waals surface area contributed by atoms with Gasteiger partial charge in [0, 0.05) is 23.0 Å². The van der Waals surface area contributed by atoms with E-state index in [0.29, 0.717) is 5.56 Å². The fraction of sp³-hybridized carbons (Fsp3) is 0.375. The van der Waals surface area contributed by atoms with Crippen LogP contribution in [0.5, 0.6) is 0 Å². The van der Waals surface area contributed by atoms with Gasteiger partial charge in [0.15, 0.2) is 0 Å². The summed E-state index contributed by atoms with van der Waals surface area (Å²) >= 11 is 0. The monoisotopic (exact) mass is 258 g/mol. The summed E-state index contributed by atoms with van der Waals surface area (Å²) in [5.74, 6) is -0.153. The number of benzene rings is 1. The lowest BCUT2D eigenvalue weighted by atomic mass is 9.93. The van der Waals surface area contributed by atoms with E-state index in [1.54, 1.807) is 6.07 Å². The summed E-state index contributed by atoms with van der Waals surface area (Å²) in [6.07, 6.45) is 3.16. The first-order valence-electron chi connectivity index (χ1n) is 6.81. The number of nitrogens with two attached hydrogens (primary N) is 1. The molecule has 0 fully saturated rings. The van der Waals surface area contributed by atoms with Gasteiger partial charge in [-0.3, -0.25) is 0 Å². The minimum atomic E-state index is -0.153. The predicted octanol–water partition coefficient (Wildman–Crippen LogP) is 3.57. The van der Waals surface area contributed by atoms with Crippen LogP contribution in [0.2, 0.25) is 0 Å². The van der Waals surface area contributed by atoms with Crippen molar-refractivity contribution in [2.75, 3.05) is 0 Å². The molecule has 0 spiro atoms.